The summed E-state index contributed by atoms with van der Waals surface area (Å²) in [5.74, 6) is 3.31. The zero-order chi connectivity index (χ0) is 20.3. The standard InChI is InChI=1S/C26H35NO2/c1-26-15-22(16-4-7-18(8-5-16)27(2)3)25-20-11-9-19(28)14-17(20)6-10-21(25)23(26)12-13-24(26)29/h4-5,7-8,14,20-25,29H,6,9-13,15H2,1-3H3/t20?,21?,22?,23?,24?,25?,26-/m0/s1. The molecule has 6 unspecified atom stereocenters. The van der Waals surface area contributed by atoms with Gasteiger partial charge in [-0.3, -0.25) is 4.79 Å². The van der Waals surface area contributed by atoms with Gasteiger partial charge in [-0.05, 0) is 97.3 Å². The van der Waals surface area contributed by atoms with Gasteiger partial charge in [0.15, 0.2) is 5.78 Å². The van der Waals surface area contributed by atoms with Crippen LogP contribution in [0.2, 0.25) is 0 Å². The van der Waals surface area contributed by atoms with Crippen LogP contribution in [0, 0.1) is 29.1 Å². The zero-order valence-electron chi connectivity index (χ0n) is 18.1. The Morgan fingerprint density at radius 2 is 1.76 bits per heavy atom. The SMILES string of the molecule is CN(C)c1ccc(C2C[C@]3(C)C(O)CCC3C3CCC4=CC(=O)CCC4C23)cc1. The van der Waals surface area contributed by atoms with Gasteiger partial charge in [0, 0.05) is 26.2 Å². The topological polar surface area (TPSA) is 40.5 Å². The highest BCUT2D eigenvalue weighted by Crippen LogP contribution is 2.65. The molecule has 1 aromatic rings. The Labute approximate surface area is 175 Å². The summed E-state index contributed by atoms with van der Waals surface area (Å²) in [6.45, 7) is 2.36. The van der Waals surface area contributed by atoms with Crippen molar-refractivity contribution in [1.29, 1.82) is 0 Å². The normalized spacial score (nSPS) is 41.2. The monoisotopic (exact) mass is 393 g/mol. The number of nitrogens with zero attached hydrogens (tertiary/aromatic N) is 1. The number of allylic oxidation sites excluding steroid dienone is 1. The summed E-state index contributed by atoms with van der Waals surface area (Å²) >= 11 is 0. The lowest BCUT2D eigenvalue weighted by atomic mass is 9.48. The smallest absolute Gasteiger partial charge is 0.155 e. The van der Waals surface area contributed by atoms with Crippen molar-refractivity contribution in [2.75, 3.05) is 19.0 Å². The van der Waals surface area contributed by atoms with Crippen LogP contribution >= 0.6 is 0 Å². The molecule has 3 nitrogen and oxygen atoms in total. The molecule has 3 saturated carbocycles. The summed E-state index contributed by atoms with van der Waals surface area (Å²) in [5, 5.41) is 11.0. The van der Waals surface area contributed by atoms with Gasteiger partial charge in [-0.1, -0.05) is 24.6 Å². The van der Waals surface area contributed by atoms with Crippen LogP contribution in [0.1, 0.15) is 63.4 Å². The maximum Gasteiger partial charge on any atom is 0.155 e. The van der Waals surface area contributed by atoms with E-state index in [2.05, 4.69) is 50.2 Å². The van der Waals surface area contributed by atoms with Crippen LogP contribution in [0.15, 0.2) is 35.9 Å². The molecule has 0 spiro atoms. The minimum atomic E-state index is -0.165. The highest BCUT2D eigenvalue weighted by atomic mass is 16.3. The molecule has 3 fully saturated rings. The first kappa shape index (κ1) is 19.4. The highest BCUT2D eigenvalue weighted by molar-refractivity contribution is 5.91. The predicted molar refractivity (Wildman–Crippen MR) is 117 cm³/mol. The van der Waals surface area contributed by atoms with Crippen molar-refractivity contribution in [3.63, 3.8) is 0 Å². The third-order valence-corrected chi connectivity index (χ3v) is 9.09. The Morgan fingerprint density at radius 1 is 1.00 bits per heavy atom. The summed E-state index contributed by atoms with van der Waals surface area (Å²) in [6.07, 6.45) is 9.08. The van der Waals surface area contributed by atoms with Crippen molar-refractivity contribution < 1.29 is 9.90 Å². The summed E-state index contributed by atoms with van der Waals surface area (Å²) in [4.78, 5) is 14.2. The van der Waals surface area contributed by atoms with Gasteiger partial charge in [0.2, 0.25) is 0 Å². The third kappa shape index (κ3) is 3.00. The van der Waals surface area contributed by atoms with Crippen LogP contribution in [0.5, 0.6) is 0 Å². The zero-order valence-corrected chi connectivity index (χ0v) is 18.1. The van der Waals surface area contributed by atoms with Crippen molar-refractivity contribution in [3.8, 4) is 0 Å². The fourth-order valence-corrected chi connectivity index (χ4v) is 7.64. The number of hydrogen-bond acceptors (Lipinski definition) is 3. The van der Waals surface area contributed by atoms with E-state index < -0.39 is 0 Å². The minimum Gasteiger partial charge on any atom is -0.393 e. The van der Waals surface area contributed by atoms with Gasteiger partial charge in [-0.2, -0.15) is 0 Å². The molecule has 1 N–H and O–H groups in total. The maximum atomic E-state index is 12.1. The lowest BCUT2D eigenvalue weighted by Gasteiger charge is -2.57. The van der Waals surface area contributed by atoms with E-state index in [0.29, 0.717) is 41.8 Å². The average molecular weight is 394 g/mol. The summed E-state index contributed by atoms with van der Waals surface area (Å²) < 4.78 is 0. The van der Waals surface area contributed by atoms with E-state index in [1.54, 1.807) is 0 Å². The molecule has 0 radical (unpaired) electrons. The minimum absolute atomic E-state index is 0.0394. The molecule has 4 aliphatic rings. The average Bonchev–Trinajstić information content (AvgIpc) is 3.01. The van der Waals surface area contributed by atoms with E-state index in [1.807, 2.05) is 6.08 Å². The fraction of sp³-hybridized carbons (Fsp3) is 0.654. The summed E-state index contributed by atoms with van der Waals surface area (Å²) in [7, 11) is 4.17. The van der Waals surface area contributed by atoms with E-state index in [4.69, 9.17) is 0 Å². The first-order chi connectivity index (χ1) is 13.9. The second-order valence-corrected chi connectivity index (χ2v) is 10.6. The van der Waals surface area contributed by atoms with Crippen LogP contribution in [-0.4, -0.2) is 31.1 Å². The highest BCUT2D eigenvalue weighted by Gasteiger charge is 2.59. The molecular formula is C26H35NO2. The Balaban J connectivity index is 1.57. The number of anilines is 1. The number of aliphatic hydroxyl groups is 1. The lowest BCUT2D eigenvalue weighted by molar-refractivity contribution is -0.116. The molecule has 0 aromatic heterocycles. The molecule has 3 heteroatoms. The number of fused-ring (bicyclic) bond motifs is 5. The largest absolute Gasteiger partial charge is 0.393 e. The third-order valence-electron chi connectivity index (χ3n) is 9.09. The van der Waals surface area contributed by atoms with Gasteiger partial charge in [-0.15, -0.1) is 0 Å². The van der Waals surface area contributed by atoms with E-state index in [9.17, 15) is 9.90 Å². The van der Waals surface area contributed by atoms with Crippen LogP contribution in [0.25, 0.3) is 0 Å². The molecule has 5 rings (SSSR count). The van der Waals surface area contributed by atoms with Crippen LogP contribution in [0.4, 0.5) is 5.69 Å². The van der Waals surface area contributed by atoms with Crippen molar-refractivity contribution in [3.05, 3.63) is 41.5 Å². The molecule has 1 aromatic carbocycles. The maximum absolute atomic E-state index is 12.1. The van der Waals surface area contributed by atoms with Crippen LogP contribution < -0.4 is 4.90 Å². The van der Waals surface area contributed by atoms with Gasteiger partial charge in [-0.25, -0.2) is 0 Å². The second-order valence-electron chi connectivity index (χ2n) is 10.6. The number of rotatable bonds is 2. The number of benzene rings is 1. The van der Waals surface area contributed by atoms with Crippen molar-refractivity contribution in [2.45, 2.75) is 63.9 Å². The Bertz CT molecular complexity index is 826. The summed E-state index contributed by atoms with van der Waals surface area (Å²) in [6, 6.07) is 9.14. The van der Waals surface area contributed by atoms with Crippen LogP contribution in [-0.2, 0) is 4.79 Å². The van der Waals surface area contributed by atoms with E-state index in [-0.39, 0.29) is 11.5 Å². The quantitative estimate of drug-likeness (QED) is 0.773. The predicted octanol–water partition coefficient (Wildman–Crippen LogP) is 4.95. The molecule has 0 bridgehead atoms. The number of carbonyl (C=O) groups is 1. The molecule has 0 heterocycles. The molecule has 29 heavy (non-hydrogen) atoms. The van der Waals surface area contributed by atoms with E-state index >= 15 is 0 Å². The Kier molecular flexibility index (Phi) is 4.66. The fourth-order valence-electron chi connectivity index (χ4n) is 7.64. The second kappa shape index (κ2) is 6.97. The number of hydrogen-bond donors (Lipinski definition) is 1. The summed E-state index contributed by atoms with van der Waals surface area (Å²) in [5.41, 5.74) is 4.14. The molecule has 7 atom stereocenters. The molecule has 0 saturated heterocycles. The first-order valence-corrected chi connectivity index (χ1v) is 11.6. The molecule has 4 aliphatic carbocycles. The van der Waals surface area contributed by atoms with Gasteiger partial charge < -0.3 is 10.0 Å². The van der Waals surface area contributed by atoms with Crippen LogP contribution in [0.3, 0.4) is 0 Å². The lowest BCUT2D eigenvalue weighted by Crippen LogP contribution is -2.50. The Morgan fingerprint density at radius 3 is 2.48 bits per heavy atom. The van der Waals surface area contributed by atoms with E-state index in [1.165, 1.54) is 29.7 Å². The van der Waals surface area contributed by atoms with Gasteiger partial charge in [0.1, 0.15) is 0 Å². The number of carbonyl (C=O) groups excluding carboxylic acids is 1. The number of aliphatic hydroxyl groups excluding tert-OH is 1. The molecule has 156 valence electrons. The van der Waals surface area contributed by atoms with E-state index in [0.717, 1.165) is 25.7 Å². The molecule has 0 amide bonds. The van der Waals surface area contributed by atoms with Crippen molar-refractivity contribution in [1.82, 2.24) is 0 Å². The molecule has 0 aliphatic heterocycles. The van der Waals surface area contributed by atoms with Crippen molar-refractivity contribution >= 4 is 11.5 Å². The van der Waals surface area contributed by atoms with Crippen molar-refractivity contribution in [2.24, 2.45) is 29.1 Å². The molecular weight excluding hydrogens is 358 g/mol. The van der Waals surface area contributed by atoms with Gasteiger partial charge in [0.25, 0.3) is 0 Å². The van der Waals surface area contributed by atoms with Gasteiger partial charge >= 0.3 is 0 Å². The van der Waals surface area contributed by atoms with Gasteiger partial charge in [0.05, 0.1) is 6.10 Å². The first-order valence-electron chi connectivity index (χ1n) is 11.6. The Hall–Kier alpha value is -1.61. The number of ketones is 1.